The van der Waals surface area contributed by atoms with Crippen molar-refractivity contribution in [1.29, 1.82) is 0 Å². The van der Waals surface area contributed by atoms with Crippen LogP contribution in [0, 0.1) is 5.92 Å². The summed E-state index contributed by atoms with van der Waals surface area (Å²) in [5, 5.41) is 0. The number of hydrogen-bond donors (Lipinski definition) is 0. The zero-order chi connectivity index (χ0) is 27.1. The van der Waals surface area contributed by atoms with Crippen molar-refractivity contribution in [1.82, 2.24) is 4.90 Å². The van der Waals surface area contributed by atoms with E-state index in [1.807, 2.05) is 69.0 Å². The summed E-state index contributed by atoms with van der Waals surface area (Å²) in [5.74, 6) is -0.657. The summed E-state index contributed by atoms with van der Waals surface area (Å²) < 4.78 is 30.6. The third-order valence-electron chi connectivity index (χ3n) is 7.58. The van der Waals surface area contributed by atoms with Crippen LogP contribution in [0.1, 0.15) is 52.5 Å². The fourth-order valence-corrected chi connectivity index (χ4v) is 9.36. The van der Waals surface area contributed by atoms with Gasteiger partial charge in [-0.15, -0.1) is 0 Å². The lowest BCUT2D eigenvalue weighted by Gasteiger charge is -2.57. The quantitative estimate of drug-likeness (QED) is 0.195. The van der Waals surface area contributed by atoms with Crippen LogP contribution in [0.2, 0.25) is 0 Å². The molecule has 1 unspecified atom stereocenters. The SMILES string of the molecule is COC(=Cc1ccccc1)[C@@H]1CC(=O)N1C1([C@@H](C=O)[C@H]2OC(C)(C)O[C@@H]2[C@H]2COC(C)(C)O2)CCCSS1. The Labute approximate surface area is 232 Å². The molecule has 6 atom stereocenters. The lowest BCUT2D eigenvalue weighted by molar-refractivity contribution is -0.175. The van der Waals surface area contributed by atoms with Crippen molar-refractivity contribution in [2.24, 2.45) is 5.92 Å². The molecule has 4 heterocycles. The molecule has 8 nitrogen and oxygen atoms in total. The number of rotatable bonds is 8. The first-order valence-electron chi connectivity index (χ1n) is 13.2. The number of aldehydes is 1. The van der Waals surface area contributed by atoms with Gasteiger partial charge in [0.2, 0.25) is 5.91 Å². The molecular weight excluding hydrogens is 526 g/mol. The van der Waals surface area contributed by atoms with Gasteiger partial charge in [0.25, 0.3) is 0 Å². The molecule has 1 aromatic rings. The molecule has 4 aliphatic rings. The Hall–Kier alpha value is -1.56. The Morgan fingerprint density at radius 2 is 1.89 bits per heavy atom. The van der Waals surface area contributed by atoms with Gasteiger partial charge in [0.15, 0.2) is 11.6 Å². The molecule has 0 spiro atoms. The molecule has 0 saturated carbocycles. The van der Waals surface area contributed by atoms with Crippen LogP contribution in [-0.2, 0) is 33.3 Å². The summed E-state index contributed by atoms with van der Waals surface area (Å²) >= 11 is 0. The number of β-lactam (4-membered cyclic amide) rings is 1. The fraction of sp³-hybridized carbons (Fsp3) is 0.643. The zero-order valence-corrected chi connectivity index (χ0v) is 24.2. The standard InChI is InChI=1S/C28H37NO7S2/c1-26(2)33-17-22(34-26)25-24(35-27(3,4)36-25)19(16-30)28(12-9-13-37-38-28)29-20(15-23(29)31)21(32-5)14-18-10-7-6-8-11-18/h6-8,10-11,14,16,19-20,22,24-25H,9,12-13,15,17H2,1-5H3/t19-,20-,22+,24+,25+,28?/m0/s1. The van der Waals surface area contributed by atoms with Gasteiger partial charge in [-0.05, 0) is 52.2 Å². The Kier molecular flexibility index (Phi) is 7.94. The number of benzene rings is 1. The van der Waals surface area contributed by atoms with Gasteiger partial charge in [-0.25, -0.2) is 0 Å². The topological polar surface area (TPSA) is 83.5 Å². The maximum absolute atomic E-state index is 13.4. The van der Waals surface area contributed by atoms with E-state index >= 15 is 0 Å². The summed E-state index contributed by atoms with van der Waals surface area (Å²) in [6.45, 7) is 7.77. The van der Waals surface area contributed by atoms with E-state index in [9.17, 15) is 9.59 Å². The highest BCUT2D eigenvalue weighted by Gasteiger charge is 2.63. The van der Waals surface area contributed by atoms with Crippen LogP contribution in [0.5, 0.6) is 0 Å². The van der Waals surface area contributed by atoms with Gasteiger partial charge >= 0.3 is 0 Å². The molecule has 1 aromatic carbocycles. The largest absolute Gasteiger partial charge is 0.499 e. The minimum absolute atomic E-state index is 0.00386. The molecule has 4 aliphatic heterocycles. The van der Waals surface area contributed by atoms with Crippen molar-refractivity contribution in [3.8, 4) is 0 Å². The molecule has 10 heteroatoms. The van der Waals surface area contributed by atoms with Crippen molar-refractivity contribution in [3.63, 3.8) is 0 Å². The second kappa shape index (κ2) is 10.8. The molecule has 0 N–H and O–H groups in total. The summed E-state index contributed by atoms with van der Waals surface area (Å²) in [7, 11) is 4.93. The highest BCUT2D eigenvalue weighted by Crippen LogP contribution is 2.57. The molecule has 0 radical (unpaired) electrons. The van der Waals surface area contributed by atoms with Crippen LogP contribution < -0.4 is 0 Å². The Balaban J connectivity index is 1.51. The first-order valence-corrected chi connectivity index (χ1v) is 15.5. The molecule has 4 fully saturated rings. The number of likely N-dealkylation sites (tertiary alicyclic amines) is 1. The summed E-state index contributed by atoms with van der Waals surface area (Å²) in [6.07, 6.45) is 3.26. The van der Waals surface area contributed by atoms with Gasteiger partial charge in [0, 0.05) is 5.75 Å². The molecule has 0 aromatic heterocycles. The first kappa shape index (κ1) is 28.0. The van der Waals surface area contributed by atoms with Gasteiger partial charge in [-0.1, -0.05) is 51.9 Å². The number of nitrogens with zero attached hydrogens (tertiary/aromatic N) is 1. The highest BCUT2D eigenvalue weighted by molar-refractivity contribution is 8.77. The van der Waals surface area contributed by atoms with Gasteiger partial charge < -0.3 is 33.4 Å². The molecule has 5 rings (SSSR count). The monoisotopic (exact) mass is 563 g/mol. The lowest BCUT2D eigenvalue weighted by Crippen LogP contribution is -2.68. The molecule has 1 amide bonds. The normalized spacial score (nSPS) is 35.6. The molecule has 4 saturated heterocycles. The van der Waals surface area contributed by atoms with E-state index in [-0.39, 0.29) is 11.9 Å². The van der Waals surface area contributed by atoms with Crippen molar-refractivity contribution in [2.75, 3.05) is 19.5 Å². The van der Waals surface area contributed by atoms with Crippen molar-refractivity contribution in [2.45, 2.75) is 87.8 Å². The van der Waals surface area contributed by atoms with E-state index in [2.05, 4.69) is 0 Å². The van der Waals surface area contributed by atoms with Crippen LogP contribution in [0.3, 0.4) is 0 Å². The molecule has 208 valence electrons. The number of amides is 1. The molecule has 38 heavy (non-hydrogen) atoms. The van der Waals surface area contributed by atoms with Gasteiger partial charge in [-0.2, -0.15) is 0 Å². The number of methoxy groups -OCH3 is 1. The highest BCUT2D eigenvalue weighted by atomic mass is 33.1. The molecule has 0 aliphatic carbocycles. The Morgan fingerprint density at radius 1 is 1.13 bits per heavy atom. The van der Waals surface area contributed by atoms with E-state index in [0.29, 0.717) is 25.2 Å². The van der Waals surface area contributed by atoms with Crippen LogP contribution in [-0.4, -0.2) is 77.4 Å². The first-order chi connectivity index (χ1) is 18.1. The van der Waals surface area contributed by atoms with Crippen molar-refractivity contribution < 1.29 is 33.3 Å². The van der Waals surface area contributed by atoms with Crippen molar-refractivity contribution >= 4 is 39.9 Å². The van der Waals surface area contributed by atoms with E-state index in [4.69, 9.17) is 23.7 Å². The Bertz CT molecular complexity index is 1060. The van der Waals surface area contributed by atoms with Crippen LogP contribution in [0.25, 0.3) is 6.08 Å². The summed E-state index contributed by atoms with van der Waals surface area (Å²) in [5.41, 5.74) is 0.991. The summed E-state index contributed by atoms with van der Waals surface area (Å²) in [4.78, 5) is 27.5. The van der Waals surface area contributed by atoms with Crippen LogP contribution >= 0.6 is 21.6 Å². The molecule has 0 bridgehead atoms. The van der Waals surface area contributed by atoms with E-state index in [1.165, 1.54) is 0 Å². The summed E-state index contributed by atoms with van der Waals surface area (Å²) in [6, 6.07) is 9.62. The minimum Gasteiger partial charge on any atom is -0.499 e. The van der Waals surface area contributed by atoms with Crippen LogP contribution in [0.4, 0.5) is 0 Å². The van der Waals surface area contributed by atoms with E-state index in [0.717, 1.165) is 24.0 Å². The maximum Gasteiger partial charge on any atom is 0.226 e. The van der Waals surface area contributed by atoms with E-state index < -0.39 is 40.7 Å². The minimum atomic E-state index is -0.913. The van der Waals surface area contributed by atoms with Crippen molar-refractivity contribution in [3.05, 3.63) is 41.7 Å². The van der Waals surface area contributed by atoms with E-state index in [1.54, 1.807) is 28.7 Å². The van der Waals surface area contributed by atoms with Gasteiger partial charge in [-0.3, -0.25) is 4.79 Å². The van der Waals surface area contributed by atoms with Crippen LogP contribution in [0.15, 0.2) is 36.1 Å². The average molecular weight is 564 g/mol. The van der Waals surface area contributed by atoms with Gasteiger partial charge in [0.1, 0.15) is 35.2 Å². The number of carbonyl (C=O) groups excluding carboxylic acids is 2. The number of ether oxygens (including phenoxy) is 5. The second-order valence-electron chi connectivity index (χ2n) is 11.1. The second-order valence-corrected chi connectivity index (χ2v) is 13.8. The predicted octanol–water partition coefficient (Wildman–Crippen LogP) is 4.63. The third kappa shape index (κ3) is 5.28. The number of hydrogen-bond acceptors (Lipinski definition) is 9. The number of carbonyl (C=O) groups is 2. The maximum atomic E-state index is 13.4. The smallest absolute Gasteiger partial charge is 0.226 e. The zero-order valence-electron chi connectivity index (χ0n) is 22.6. The third-order valence-corrected chi connectivity index (χ3v) is 10.8. The van der Waals surface area contributed by atoms with Gasteiger partial charge in [0.05, 0.1) is 32.1 Å². The lowest BCUT2D eigenvalue weighted by atomic mass is 9.81. The molecular formula is C28H37NO7S2. The Morgan fingerprint density at radius 3 is 2.47 bits per heavy atom. The average Bonchev–Trinajstić information content (AvgIpc) is 3.40. The fourth-order valence-electron chi connectivity index (χ4n) is 5.94. The predicted molar refractivity (Wildman–Crippen MR) is 147 cm³/mol.